The van der Waals surface area contributed by atoms with Crippen LogP contribution in [0.1, 0.15) is 37.4 Å². The average molecular weight is 419 g/mol. The van der Waals surface area contributed by atoms with Crippen LogP contribution in [0, 0.1) is 0 Å². The topological polar surface area (TPSA) is 54.6 Å². The van der Waals surface area contributed by atoms with Gasteiger partial charge in [0.25, 0.3) is 0 Å². The highest BCUT2D eigenvalue weighted by molar-refractivity contribution is 6.30. The molecule has 0 aliphatic heterocycles. The lowest BCUT2D eigenvalue weighted by molar-refractivity contribution is -0.138. The molecule has 0 saturated carbocycles. The van der Waals surface area contributed by atoms with E-state index in [0.717, 1.165) is 39.9 Å². The second-order valence-electron chi connectivity index (χ2n) is 7.29. The van der Waals surface area contributed by atoms with Gasteiger partial charge in [0, 0.05) is 27.4 Å². The number of aliphatic carboxylic acids is 1. The van der Waals surface area contributed by atoms with Gasteiger partial charge in [-0.15, -0.1) is 0 Å². The van der Waals surface area contributed by atoms with Crippen LogP contribution in [0.5, 0.6) is 0 Å². The number of aromatic nitrogens is 2. The second kappa shape index (κ2) is 8.33. The molecule has 1 atom stereocenters. The number of aryl methyl sites for hydroxylation is 1. The maximum atomic E-state index is 12.3. The molecule has 0 bridgehead atoms. The Morgan fingerprint density at radius 1 is 1.03 bits per heavy atom. The standard InChI is InChI=1S/C25H23ClN2O2/c1-3-19-13-14-21-22(17-11-8-12-18(26)15-17)23(20(4-2)25(29)30)24(27-28(19)21)16-9-6-5-7-10-16/h5-15,20H,3-4H2,1-2H3,(H,29,30). The number of hydrogen-bond acceptors (Lipinski definition) is 2. The van der Waals surface area contributed by atoms with Crippen LogP contribution in [0.15, 0.2) is 66.7 Å². The van der Waals surface area contributed by atoms with E-state index in [0.29, 0.717) is 17.1 Å². The molecule has 2 aromatic heterocycles. The van der Waals surface area contributed by atoms with Gasteiger partial charge < -0.3 is 5.11 Å². The minimum Gasteiger partial charge on any atom is -0.481 e. The molecule has 4 nitrogen and oxygen atoms in total. The summed E-state index contributed by atoms with van der Waals surface area (Å²) in [4.78, 5) is 12.3. The second-order valence-corrected chi connectivity index (χ2v) is 7.72. The van der Waals surface area contributed by atoms with Crippen molar-refractivity contribution in [3.8, 4) is 22.4 Å². The lowest BCUT2D eigenvalue weighted by Gasteiger charge is -2.22. The molecular weight excluding hydrogens is 396 g/mol. The van der Waals surface area contributed by atoms with Crippen molar-refractivity contribution in [1.29, 1.82) is 0 Å². The summed E-state index contributed by atoms with van der Waals surface area (Å²) >= 11 is 6.32. The number of rotatable bonds is 6. The third kappa shape index (κ3) is 3.48. The molecule has 1 N–H and O–H groups in total. The molecule has 5 heteroatoms. The average Bonchev–Trinajstić information content (AvgIpc) is 3.16. The van der Waals surface area contributed by atoms with E-state index in [9.17, 15) is 9.90 Å². The molecule has 0 aliphatic carbocycles. The normalized spacial score (nSPS) is 12.2. The molecule has 4 aromatic rings. The number of fused-ring (bicyclic) bond motifs is 1. The van der Waals surface area contributed by atoms with Gasteiger partial charge in [-0.05, 0) is 42.7 Å². The van der Waals surface area contributed by atoms with E-state index in [1.807, 2.05) is 72.1 Å². The lowest BCUT2D eigenvalue weighted by atomic mass is 9.86. The Kier molecular flexibility index (Phi) is 5.60. The monoisotopic (exact) mass is 418 g/mol. The number of benzene rings is 2. The van der Waals surface area contributed by atoms with E-state index >= 15 is 0 Å². The van der Waals surface area contributed by atoms with Gasteiger partial charge in [0.1, 0.15) is 0 Å². The maximum Gasteiger partial charge on any atom is 0.311 e. The molecule has 2 heterocycles. The minimum atomic E-state index is -0.855. The summed E-state index contributed by atoms with van der Waals surface area (Å²) in [6.07, 6.45) is 1.28. The summed E-state index contributed by atoms with van der Waals surface area (Å²) < 4.78 is 1.94. The fourth-order valence-electron chi connectivity index (χ4n) is 4.05. The van der Waals surface area contributed by atoms with Crippen LogP contribution in [-0.2, 0) is 11.2 Å². The van der Waals surface area contributed by atoms with Crippen LogP contribution in [0.4, 0.5) is 0 Å². The molecule has 0 fully saturated rings. The maximum absolute atomic E-state index is 12.3. The van der Waals surface area contributed by atoms with Crippen LogP contribution in [0.25, 0.3) is 27.9 Å². The highest BCUT2D eigenvalue weighted by Gasteiger charge is 2.29. The summed E-state index contributed by atoms with van der Waals surface area (Å²) in [6.45, 7) is 3.99. The molecule has 2 aromatic carbocycles. The van der Waals surface area contributed by atoms with Crippen molar-refractivity contribution in [3.63, 3.8) is 0 Å². The Hall–Kier alpha value is -3.11. The number of carboxylic acid groups (broad SMARTS) is 1. The van der Waals surface area contributed by atoms with Gasteiger partial charge in [0.15, 0.2) is 0 Å². The molecule has 152 valence electrons. The van der Waals surface area contributed by atoms with Crippen molar-refractivity contribution in [2.45, 2.75) is 32.6 Å². The van der Waals surface area contributed by atoms with Gasteiger partial charge in [-0.2, -0.15) is 5.10 Å². The van der Waals surface area contributed by atoms with Crippen LogP contribution in [0.2, 0.25) is 5.02 Å². The van der Waals surface area contributed by atoms with Gasteiger partial charge in [0.05, 0.1) is 17.1 Å². The predicted molar refractivity (Wildman–Crippen MR) is 121 cm³/mol. The largest absolute Gasteiger partial charge is 0.481 e. The van der Waals surface area contributed by atoms with E-state index in [4.69, 9.17) is 16.7 Å². The van der Waals surface area contributed by atoms with E-state index in [2.05, 4.69) is 13.0 Å². The zero-order chi connectivity index (χ0) is 21.3. The van der Waals surface area contributed by atoms with Crippen molar-refractivity contribution in [2.24, 2.45) is 0 Å². The number of carbonyl (C=O) groups is 1. The SMILES string of the molecule is CCc1ccc2c(-c3cccc(Cl)c3)c(C(CC)C(=O)O)c(-c3ccccc3)nn12. The molecule has 30 heavy (non-hydrogen) atoms. The molecule has 0 saturated heterocycles. The third-order valence-electron chi connectivity index (χ3n) is 5.49. The van der Waals surface area contributed by atoms with Crippen LogP contribution in [0.3, 0.4) is 0 Å². The summed E-state index contributed by atoms with van der Waals surface area (Å²) in [5.74, 6) is -1.54. The van der Waals surface area contributed by atoms with Crippen LogP contribution >= 0.6 is 11.6 Å². The molecule has 0 radical (unpaired) electrons. The first kappa shape index (κ1) is 20.2. The van der Waals surface area contributed by atoms with Crippen molar-refractivity contribution < 1.29 is 9.90 Å². The lowest BCUT2D eigenvalue weighted by Crippen LogP contribution is -2.16. The molecule has 0 amide bonds. The van der Waals surface area contributed by atoms with E-state index < -0.39 is 11.9 Å². The zero-order valence-electron chi connectivity index (χ0n) is 17.0. The molecule has 1 unspecified atom stereocenters. The highest BCUT2D eigenvalue weighted by atomic mass is 35.5. The van der Waals surface area contributed by atoms with Gasteiger partial charge >= 0.3 is 5.97 Å². The Morgan fingerprint density at radius 2 is 1.77 bits per heavy atom. The number of carboxylic acids is 1. The molecule has 4 rings (SSSR count). The Labute approximate surface area is 180 Å². The minimum absolute atomic E-state index is 0.460. The Morgan fingerprint density at radius 3 is 2.40 bits per heavy atom. The summed E-state index contributed by atoms with van der Waals surface area (Å²) in [7, 11) is 0. The van der Waals surface area contributed by atoms with Crippen LogP contribution < -0.4 is 0 Å². The van der Waals surface area contributed by atoms with E-state index in [-0.39, 0.29) is 0 Å². The van der Waals surface area contributed by atoms with Crippen molar-refractivity contribution in [1.82, 2.24) is 9.61 Å². The van der Waals surface area contributed by atoms with Gasteiger partial charge in [-0.3, -0.25) is 4.79 Å². The fraction of sp³-hybridized carbons (Fsp3) is 0.200. The first-order chi connectivity index (χ1) is 14.5. The molecule has 0 spiro atoms. The van der Waals surface area contributed by atoms with Gasteiger partial charge in [-0.25, -0.2) is 4.52 Å². The van der Waals surface area contributed by atoms with Gasteiger partial charge in [0.2, 0.25) is 0 Å². The van der Waals surface area contributed by atoms with Crippen LogP contribution in [-0.4, -0.2) is 20.7 Å². The Balaban J connectivity index is 2.20. The first-order valence-electron chi connectivity index (χ1n) is 10.1. The highest BCUT2D eigenvalue weighted by Crippen LogP contribution is 2.41. The number of hydrogen-bond donors (Lipinski definition) is 1. The number of halogens is 1. The molecule has 0 aliphatic rings. The zero-order valence-corrected chi connectivity index (χ0v) is 17.7. The first-order valence-corrected chi connectivity index (χ1v) is 10.5. The van der Waals surface area contributed by atoms with Crippen molar-refractivity contribution in [3.05, 3.63) is 83.0 Å². The van der Waals surface area contributed by atoms with Crippen molar-refractivity contribution >= 4 is 23.1 Å². The van der Waals surface area contributed by atoms with E-state index in [1.165, 1.54) is 0 Å². The summed E-state index contributed by atoms with van der Waals surface area (Å²) in [5.41, 5.74) is 6.05. The van der Waals surface area contributed by atoms with Gasteiger partial charge in [-0.1, -0.05) is 67.9 Å². The predicted octanol–water partition coefficient (Wildman–Crippen LogP) is 6.46. The third-order valence-corrected chi connectivity index (χ3v) is 5.73. The summed E-state index contributed by atoms with van der Waals surface area (Å²) in [6, 6.07) is 21.5. The molecular formula is C25H23ClN2O2. The Bertz CT molecular complexity index is 1210. The fourth-order valence-corrected chi connectivity index (χ4v) is 4.24. The quantitative estimate of drug-likeness (QED) is 0.390. The summed E-state index contributed by atoms with van der Waals surface area (Å²) in [5, 5.41) is 15.7. The van der Waals surface area contributed by atoms with Crippen molar-refractivity contribution in [2.75, 3.05) is 0 Å². The van der Waals surface area contributed by atoms with E-state index in [1.54, 1.807) is 0 Å². The smallest absolute Gasteiger partial charge is 0.311 e. The number of nitrogens with zero attached hydrogens (tertiary/aromatic N) is 2.